The SMILES string of the molecule is CCOC(=O)C1(F)CCN(c2ccc(C(=O)O)cc2)CC1.Cl. The maximum absolute atomic E-state index is 14.4. The molecule has 0 radical (unpaired) electrons. The van der Waals surface area contributed by atoms with Crippen LogP contribution in [0.25, 0.3) is 0 Å². The van der Waals surface area contributed by atoms with Gasteiger partial charge in [-0.15, -0.1) is 12.4 Å². The van der Waals surface area contributed by atoms with Gasteiger partial charge in [-0.05, 0) is 31.2 Å². The van der Waals surface area contributed by atoms with Crippen LogP contribution in [0.3, 0.4) is 0 Å². The highest BCUT2D eigenvalue weighted by molar-refractivity contribution is 5.88. The molecule has 0 spiro atoms. The number of piperidine rings is 1. The Hall–Kier alpha value is -1.82. The number of hydrogen-bond acceptors (Lipinski definition) is 4. The van der Waals surface area contributed by atoms with Crippen LogP contribution in [0.1, 0.15) is 30.1 Å². The van der Waals surface area contributed by atoms with E-state index in [9.17, 15) is 14.0 Å². The molecule has 1 N–H and O–H groups in total. The monoisotopic (exact) mass is 331 g/mol. The number of carboxylic acids is 1. The van der Waals surface area contributed by atoms with Crippen LogP contribution in [0, 0.1) is 0 Å². The molecular weight excluding hydrogens is 313 g/mol. The van der Waals surface area contributed by atoms with Crippen molar-refractivity contribution in [2.75, 3.05) is 24.6 Å². The van der Waals surface area contributed by atoms with Crippen molar-refractivity contribution in [3.8, 4) is 0 Å². The van der Waals surface area contributed by atoms with Crippen molar-refractivity contribution in [2.24, 2.45) is 0 Å². The van der Waals surface area contributed by atoms with Crippen molar-refractivity contribution in [2.45, 2.75) is 25.4 Å². The average molecular weight is 332 g/mol. The van der Waals surface area contributed by atoms with Crippen molar-refractivity contribution in [3.63, 3.8) is 0 Å². The predicted octanol–water partition coefficient (Wildman–Crippen LogP) is 2.68. The fraction of sp³-hybridized carbons (Fsp3) is 0.467. The molecule has 1 saturated heterocycles. The van der Waals surface area contributed by atoms with Crippen LogP contribution in [0.5, 0.6) is 0 Å². The zero-order valence-corrected chi connectivity index (χ0v) is 13.1. The van der Waals surface area contributed by atoms with E-state index < -0.39 is 17.6 Å². The third-order valence-electron chi connectivity index (χ3n) is 3.68. The largest absolute Gasteiger partial charge is 0.478 e. The molecule has 122 valence electrons. The van der Waals surface area contributed by atoms with Gasteiger partial charge in [0, 0.05) is 31.6 Å². The summed E-state index contributed by atoms with van der Waals surface area (Å²) < 4.78 is 19.2. The summed E-state index contributed by atoms with van der Waals surface area (Å²) >= 11 is 0. The highest BCUT2D eigenvalue weighted by Gasteiger charge is 2.43. The number of hydrogen-bond donors (Lipinski definition) is 1. The van der Waals surface area contributed by atoms with Crippen molar-refractivity contribution in [1.29, 1.82) is 0 Å². The number of carboxylic acid groups (broad SMARTS) is 1. The number of carbonyl (C=O) groups is 2. The van der Waals surface area contributed by atoms with Gasteiger partial charge in [-0.25, -0.2) is 14.0 Å². The predicted molar refractivity (Wildman–Crippen MR) is 82.6 cm³/mol. The smallest absolute Gasteiger partial charge is 0.344 e. The molecule has 0 bridgehead atoms. The lowest BCUT2D eigenvalue weighted by Gasteiger charge is -2.36. The molecule has 1 aliphatic rings. The summed E-state index contributed by atoms with van der Waals surface area (Å²) in [5.41, 5.74) is -0.874. The third-order valence-corrected chi connectivity index (χ3v) is 3.68. The molecule has 7 heteroatoms. The number of alkyl halides is 1. The first kappa shape index (κ1) is 18.2. The highest BCUT2D eigenvalue weighted by Crippen LogP contribution is 2.30. The molecule has 0 saturated carbocycles. The number of ether oxygens (including phenoxy) is 1. The summed E-state index contributed by atoms with van der Waals surface area (Å²) in [7, 11) is 0. The van der Waals surface area contributed by atoms with E-state index in [-0.39, 0.29) is 37.4 Å². The molecule has 0 aliphatic carbocycles. The first-order valence-corrected chi connectivity index (χ1v) is 6.91. The Balaban J connectivity index is 0.00000242. The van der Waals surface area contributed by atoms with Gasteiger partial charge in [-0.1, -0.05) is 0 Å². The number of carbonyl (C=O) groups excluding carboxylic acids is 1. The summed E-state index contributed by atoms with van der Waals surface area (Å²) in [5, 5.41) is 8.85. The van der Waals surface area contributed by atoms with Gasteiger partial charge in [0.15, 0.2) is 0 Å². The van der Waals surface area contributed by atoms with E-state index >= 15 is 0 Å². The molecule has 1 heterocycles. The molecule has 0 aromatic heterocycles. The maximum atomic E-state index is 14.4. The molecule has 1 aromatic carbocycles. The Bertz CT molecular complexity index is 527. The lowest BCUT2D eigenvalue weighted by molar-refractivity contribution is -0.158. The number of anilines is 1. The third kappa shape index (κ3) is 3.88. The van der Waals surface area contributed by atoms with E-state index in [0.29, 0.717) is 13.1 Å². The van der Waals surface area contributed by atoms with Gasteiger partial charge >= 0.3 is 11.9 Å². The van der Waals surface area contributed by atoms with Gasteiger partial charge in [0.2, 0.25) is 5.67 Å². The lowest BCUT2D eigenvalue weighted by atomic mass is 9.93. The number of halogens is 2. The van der Waals surface area contributed by atoms with Gasteiger partial charge in [0.05, 0.1) is 12.2 Å². The lowest BCUT2D eigenvalue weighted by Crippen LogP contribution is -2.47. The fourth-order valence-corrected chi connectivity index (χ4v) is 2.40. The van der Waals surface area contributed by atoms with E-state index in [4.69, 9.17) is 9.84 Å². The standard InChI is InChI=1S/C15H18FNO4.ClH/c1-2-21-14(20)15(16)7-9-17(10-8-15)12-5-3-11(4-6-12)13(18)19;/h3-6H,2,7-10H2,1H3,(H,18,19);1H. The summed E-state index contributed by atoms with van der Waals surface area (Å²) in [4.78, 5) is 24.3. The summed E-state index contributed by atoms with van der Waals surface area (Å²) in [6.07, 6.45) is 0.152. The average Bonchev–Trinajstić information content (AvgIpc) is 2.48. The van der Waals surface area contributed by atoms with E-state index in [1.54, 1.807) is 19.1 Å². The van der Waals surface area contributed by atoms with Gasteiger partial charge < -0.3 is 14.7 Å². The molecule has 2 rings (SSSR count). The zero-order valence-electron chi connectivity index (χ0n) is 12.3. The molecule has 22 heavy (non-hydrogen) atoms. The Kier molecular flexibility index (Phi) is 6.17. The summed E-state index contributed by atoms with van der Waals surface area (Å²) in [5.74, 6) is -1.77. The van der Waals surface area contributed by atoms with Crippen LogP contribution in [0.4, 0.5) is 10.1 Å². The number of aromatic carboxylic acids is 1. The Morgan fingerprint density at radius 2 is 1.82 bits per heavy atom. The zero-order chi connectivity index (χ0) is 15.5. The molecule has 0 atom stereocenters. The normalized spacial score (nSPS) is 16.5. The van der Waals surface area contributed by atoms with E-state index in [2.05, 4.69) is 0 Å². The van der Waals surface area contributed by atoms with Crippen LogP contribution in [0.15, 0.2) is 24.3 Å². The second-order valence-electron chi connectivity index (χ2n) is 5.02. The number of benzene rings is 1. The number of nitrogens with zero attached hydrogens (tertiary/aromatic N) is 1. The van der Waals surface area contributed by atoms with E-state index in [0.717, 1.165) is 5.69 Å². The van der Waals surface area contributed by atoms with Gasteiger partial charge in [-0.2, -0.15) is 0 Å². The van der Waals surface area contributed by atoms with Crippen LogP contribution < -0.4 is 4.90 Å². The van der Waals surface area contributed by atoms with Gasteiger partial charge in [0.25, 0.3) is 0 Å². The number of rotatable bonds is 4. The van der Waals surface area contributed by atoms with E-state index in [1.165, 1.54) is 12.1 Å². The van der Waals surface area contributed by atoms with Crippen molar-refractivity contribution >= 4 is 30.0 Å². The molecule has 5 nitrogen and oxygen atoms in total. The minimum atomic E-state index is -1.91. The van der Waals surface area contributed by atoms with Crippen LogP contribution in [-0.4, -0.2) is 42.4 Å². The quantitative estimate of drug-likeness (QED) is 0.859. The van der Waals surface area contributed by atoms with Crippen molar-refractivity contribution in [3.05, 3.63) is 29.8 Å². The Morgan fingerprint density at radius 1 is 1.27 bits per heavy atom. The Labute approximate surface area is 134 Å². The van der Waals surface area contributed by atoms with Crippen molar-refractivity contribution in [1.82, 2.24) is 0 Å². The van der Waals surface area contributed by atoms with Crippen molar-refractivity contribution < 1.29 is 23.8 Å². The second-order valence-corrected chi connectivity index (χ2v) is 5.02. The number of esters is 1. The highest BCUT2D eigenvalue weighted by atomic mass is 35.5. The minimum Gasteiger partial charge on any atom is -0.478 e. The molecule has 1 aliphatic heterocycles. The molecule has 0 unspecified atom stereocenters. The van der Waals surface area contributed by atoms with Gasteiger partial charge in [0.1, 0.15) is 0 Å². The fourth-order valence-electron chi connectivity index (χ4n) is 2.40. The summed E-state index contributed by atoms with van der Waals surface area (Å²) in [6.45, 7) is 2.61. The summed E-state index contributed by atoms with van der Waals surface area (Å²) in [6, 6.07) is 6.42. The van der Waals surface area contributed by atoms with Crippen LogP contribution in [-0.2, 0) is 9.53 Å². The van der Waals surface area contributed by atoms with E-state index in [1.807, 2.05) is 4.90 Å². The minimum absolute atomic E-state index is 0. The van der Waals surface area contributed by atoms with Crippen LogP contribution in [0.2, 0.25) is 0 Å². The first-order valence-electron chi connectivity index (χ1n) is 6.91. The van der Waals surface area contributed by atoms with Gasteiger partial charge in [-0.3, -0.25) is 0 Å². The molecule has 1 fully saturated rings. The molecule has 0 amide bonds. The maximum Gasteiger partial charge on any atom is 0.344 e. The Morgan fingerprint density at radius 3 is 2.27 bits per heavy atom. The van der Waals surface area contributed by atoms with Crippen LogP contribution >= 0.6 is 12.4 Å². The second kappa shape index (κ2) is 7.45. The topological polar surface area (TPSA) is 66.8 Å². The molecule has 1 aromatic rings. The molecular formula is C15H19ClFNO4. The first-order chi connectivity index (χ1) is 9.96.